The smallest absolute Gasteiger partial charge is 0.318 e. The fraction of sp³-hybridized carbons (Fsp3) is 0.522. The van der Waals surface area contributed by atoms with Gasteiger partial charge in [-0.3, -0.25) is 0 Å². The Bertz CT molecular complexity index is 1070. The van der Waals surface area contributed by atoms with Gasteiger partial charge >= 0.3 is 6.01 Å². The molecule has 0 aromatic carbocycles. The highest BCUT2D eigenvalue weighted by molar-refractivity contribution is 5.58. The van der Waals surface area contributed by atoms with Gasteiger partial charge in [-0.05, 0) is 50.3 Å². The van der Waals surface area contributed by atoms with Crippen LogP contribution in [0.5, 0.6) is 11.8 Å². The average Bonchev–Trinajstić information content (AvgIpc) is 3.14. The summed E-state index contributed by atoms with van der Waals surface area (Å²) in [5, 5.41) is 8.49. The first-order valence-corrected chi connectivity index (χ1v) is 11.1. The van der Waals surface area contributed by atoms with Crippen molar-refractivity contribution < 1.29 is 9.47 Å². The van der Waals surface area contributed by atoms with E-state index < -0.39 is 0 Å². The Morgan fingerprint density at radius 2 is 2.00 bits per heavy atom. The number of ether oxygens (including phenoxy) is 2. The molecule has 0 radical (unpaired) electrons. The molecule has 0 saturated heterocycles. The van der Waals surface area contributed by atoms with Gasteiger partial charge in [0, 0.05) is 27.3 Å². The molecule has 0 bridgehead atoms. The molecule has 2 atom stereocenters. The van der Waals surface area contributed by atoms with Gasteiger partial charge in [0.15, 0.2) is 0 Å². The normalized spacial score (nSPS) is 18.4. The summed E-state index contributed by atoms with van der Waals surface area (Å²) in [6.45, 7) is 4.50. The number of aryl methyl sites for hydroxylation is 2. The lowest BCUT2D eigenvalue weighted by Crippen LogP contribution is -2.24. The summed E-state index contributed by atoms with van der Waals surface area (Å²) in [6, 6.07) is 6.05. The first-order chi connectivity index (χ1) is 15.4. The quantitative estimate of drug-likeness (QED) is 0.554. The van der Waals surface area contributed by atoms with Gasteiger partial charge in [-0.25, -0.2) is 14.6 Å². The second-order valence-corrected chi connectivity index (χ2v) is 8.68. The Morgan fingerprint density at radius 3 is 2.75 bits per heavy atom. The summed E-state index contributed by atoms with van der Waals surface area (Å²) in [5.74, 6) is 2.33. The molecule has 1 aliphatic rings. The number of rotatable bonds is 7. The van der Waals surface area contributed by atoms with E-state index in [2.05, 4.69) is 27.2 Å². The predicted molar refractivity (Wildman–Crippen MR) is 122 cm³/mol. The minimum absolute atomic E-state index is 0.231. The van der Waals surface area contributed by atoms with Crippen LogP contribution in [0.2, 0.25) is 0 Å². The minimum Gasteiger partial charge on any atom is -0.489 e. The third-order valence-corrected chi connectivity index (χ3v) is 5.82. The van der Waals surface area contributed by atoms with Crippen LogP contribution in [0, 0.1) is 12.8 Å². The number of aromatic nitrogens is 6. The molecule has 4 rings (SSSR count). The van der Waals surface area contributed by atoms with Crippen LogP contribution in [0.25, 0.3) is 11.4 Å². The van der Waals surface area contributed by atoms with Crippen molar-refractivity contribution in [2.24, 2.45) is 13.0 Å². The Morgan fingerprint density at radius 1 is 1.16 bits per heavy atom. The Balaban J connectivity index is 1.50. The highest BCUT2D eigenvalue weighted by atomic mass is 16.5. The van der Waals surface area contributed by atoms with Gasteiger partial charge in [0.05, 0.1) is 17.5 Å². The summed E-state index contributed by atoms with van der Waals surface area (Å²) in [6.07, 6.45) is 6.66. The van der Waals surface area contributed by atoms with Crippen molar-refractivity contribution in [2.75, 3.05) is 19.0 Å². The van der Waals surface area contributed by atoms with Crippen LogP contribution in [0.1, 0.15) is 44.0 Å². The van der Waals surface area contributed by atoms with Crippen molar-refractivity contribution in [1.82, 2.24) is 29.9 Å². The maximum absolute atomic E-state index is 6.27. The second kappa shape index (κ2) is 9.50. The number of hydrogen-bond donors (Lipinski definition) is 0. The topological polar surface area (TPSA) is 91.1 Å². The predicted octanol–water partition coefficient (Wildman–Crippen LogP) is 3.58. The molecular weight excluding hydrogens is 406 g/mol. The maximum atomic E-state index is 6.27. The van der Waals surface area contributed by atoms with E-state index in [0.29, 0.717) is 17.6 Å². The minimum atomic E-state index is 0.231. The lowest BCUT2D eigenvalue weighted by molar-refractivity contribution is 0.128. The van der Waals surface area contributed by atoms with Crippen LogP contribution >= 0.6 is 0 Å². The third-order valence-electron chi connectivity index (χ3n) is 5.82. The molecule has 0 amide bonds. The molecule has 3 aromatic heterocycles. The number of pyridine rings is 1. The molecule has 1 saturated carbocycles. The van der Waals surface area contributed by atoms with E-state index in [0.717, 1.165) is 41.5 Å². The zero-order valence-corrected chi connectivity index (χ0v) is 19.4. The van der Waals surface area contributed by atoms with E-state index in [1.165, 1.54) is 12.8 Å². The Kier molecular flexibility index (Phi) is 6.53. The summed E-state index contributed by atoms with van der Waals surface area (Å²) >= 11 is 0. The molecule has 3 aromatic rings. The highest BCUT2D eigenvalue weighted by Gasteiger charge is 2.22. The molecule has 9 nitrogen and oxygen atoms in total. The van der Waals surface area contributed by atoms with Crippen LogP contribution in [0.15, 0.2) is 24.4 Å². The molecule has 0 N–H and O–H groups in total. The van der Waals surface area contributed by atoms with Crippen molar-refractivity contribution >= 4 is 5.82 Å². The Labute approximate surface area is 188 Å². The van der Waals surface area contributed by atoms with Gasteiger partial charge in [0.25, 0.3) is 0 Å². The molecule has 170 valence electrons. The van der Waals surface area contributed by atoms with Crippen molar-refractivity contribution in [3.8, 4) is 23.1 Å². The largest absolute Gasteiger partial charge is 0.489 e. The van der Waals surface area contributed by atoms with Crippen molar-refractivity contribution in [2.45, 2.75) is 52.2 Å². The first-order valence-electron chi connectivity index (χ1n) is 11.1. The monoisotopic (exact) mass is 437 g/mol. The van der Waals surface area contributed by atoms with Gasteiger partial charge in [-0.2, -0.15) is 4.98 Å². The van der Waals surface area contributed by atoms with Gasteiger partial charge in [0.1, 0.15) is 29.6 Å². The number of hydrogen-bond acceptors (Lipinski definition) is 8. The molecule has 1 fully saturated rings. The molecule has 0 spiro atoms. The van der Waals surface area contributed by atoms with Gasteiger partial charge < -0.3 is 14.4 Å². The van der Waals surface area contributed by atoms with Gasteiger partial charge in [0.2, 0.25) is 0 Å². The fourth-order valence-corrected chi connectivity index (χ4v) is 3.99. The molecule has 1 aliphatic carbocycles. The van der Waals surface area contributed by atoms with Crippen LogP contribution in [-0.2, 0) is 13.7 Å². The number of anilines is 1. The number of nitrogens with zero attached hydrogens (tertiary/aromatic N) is 7. The summed E-state index contributed by atoms with van der Waals surface area (Å²) < 4.78 is 13.8. The van der Waals surface area contributed by atoms with E-state index in [9.17, 15) is 0 Å². The molecule has 32 heavy (non-hydrogen) atoms. The molecule has 0 aliphatic heterocycles. The van der Waals surface area contributed by atoms with Gasteiger partial charge in [-0.1, -0.05) is 18.6 Å². The summed E-state index contributed by atoms with van der Waals surface area (Å²) in [7, 11) is 5.68. The van der Waals surface area contributed by atoms with E-state index >= 15 is 0 Å². The molecular formula is C23H31N7O2. The van der Waals surface area contributed by atoms with Crippen LogP contribution in [-0.4, -0.2) is 50.1 Å². The lowest BCUT2D eigenvalue weighted by Gasteiger charge is -2.27. The highest BCUT2D eigenvalue weighted by Crippen LogP contribution is 2.30. The van der Waals surface area contributed by atoms with Crippen LogP contribution in [0.4, 0.5) is 5.82 Å². The average molecular weight is 438 g/mol. The van der Waals surface area contributed by atoms with Crippen molar-refractivity contribution in [3.63, 3.8) is 0 Å². The summed E-state index contributed by atoms with van der Waals surface area (Å²) in [5.41, 5.74) is 3.06. The maximum Gasteiger partial charge on any atom is 0.318 e. The van der Waals surface area contributed by atoms with Crippen molar-refractivity contribution in [1.29, 1.82) is 0 Å². The molecule has 9 heteroatoms. The first kappa shape index (κ1) is 22.0. The lowest BCUT2D eigenvalue weighted by atomic mass is 9.89. The summed E-state index contributed by atoms with van der Waals surface area (Å²) in [4.78, 5) is 15.3. The molecule has 0 unspecified atom stereocenters. The van der Waals surface area contributed by atoms with E-state index in [1.54, 1.807) is 10.9 Å². The van der Waals surface area contributed by atoms with E-state index in [1.807, 2.05) is 51.2 Å². The molecule has 3 heterocycles. The SMILES string of the molecule is Cc1nc(-c2nnn(C)c2COc2nccc(N(C)C)n2)ccc1O[C@H]1CCC[C@H](C)C1. The van der Waals surface area contributed by atoms with E-state index in [4.69, 9.17) is 14.5 Å². The third kappa shape index (κ3) is 4.98. The Hall–Kier alpha value is -3.23. The van der Waals surface area contributed by atoms with Gasteiger partial charge in [-0.15, -0.1) is 5.10 Å². The van der Waals surface area contributed by atoms with Crippen molar-refractivity contribution in [3.05, 3.63) is 35.8 Å². The fourth-order valence-electron chi connectivity index (χ4n) is 3.99. The van der Waals surface area contributed by atoms with Crippen LogP contribution < -0.4 is 14.4 Å². The van der Waals surface area contributed by atoms with Crippen LogP contribution in [0.3, 0.4) is 0 Å². The van der Waals surface area contributed by atoms with E-state index in [-0.39, 0.29) is 12.7 Å². The second-order valence-electron chi connectivity index (χ2n) is 8.68. The zero-order chi connectivity index (χ0) is 22.7. The zero-order valence-electron chi connectivity index (χ0n) is 19.4. The standard InChI is InChI=1S/C23H31N7O2/c1-15-7-6-8-17(13-15)32-20-10-9-18(25-16(20)2)22-19(30(5)28-27-22)14-31-23-24-12-11-21(26-23)29(3)4/h9-12,15,17H,6-8,13-14H2,1-5H3/t15-,17-/m0/s1.